The Kier molecular flexibility index (Phi) is 4.55. The Morgan fingerprint density at radius 2 is 2.05 bits per heavy atom. The first kappa shape index (κ1) is 13.7. The standard InChI is InChI=1S/C14H16N6S/c1-3-12(21-8-1)13-11(10-19-20-13)9-15-6-7-18-14-16-4-2-5-17-14/h1-5,8,10,15H,6-7,9H2,(H,19,20)(H,16,17,18). The number of aromatic nitrogens is 4. The maximum atomic E-state index is 4.13. The van der Waals surface area contributed by atoms with Gasteiger partial charge in [-0.2, -0.15) is 5.10 Å². The predicted molar refractivity (Wildman–Crippen MR) is 84.1 cm³/mol. The molecule has 0 fully saturated rings. The summed E-state index contributed by atoms with van der Waals surface area (Å²) in [5, 5.41) is 15.8. The van der Waals surface area contributed by atoms with Gasteiger partial charge in [0, 0.05) is 37.6 Å². The van der Waals surface area contributed by atoms with Gasteiger partial charge >= 0.3 is 0 Å². The van der Waals surface area contributed by atoms with Crippen molar-refractivity contribution in [1.82, 2.24) is 25.5 Å². The van der Waals surface area contributed by atoms with Gasteiger partial charge in [-0.05, 0) is 17.5 Å². The van der Waals surface area contributed by atoms with Crippen LogP contribution in [0.1, 0.15) is 5.56 Å². The highest BCUT2D eigenvalue weighted by atomic mass is 32.1. The summed E-state index contributed by atoms with van der Waals surface area (Å²) in [6.45, 7) is 2.38. The first-order chi connectivity index (χ1) is 10.4. The van der Waals surface area contributed by atoms with Crippen LogP contribution in [0.2, 0.25) is 0 Å². The highest BCUT2D eigenvalue weighted by Crippen LogP contribution is 2.25. The average molecular weight is 300 g/mol. The van der Waals surface area contributed by atoms with E-state index in [1.165, 1.54) is 10.4 Å². The van der Waals surface area contributed by atoms with Gasteiger partial charge < -0.3 is 10.6 Å². The largest absolute Gasteiger partial charge is 0.353 e. The molecule has 0 aliphatic carbocycles. The topological polar surface area (TPSA) is 78.5 Å². The summed E-state index contributed by atoms with van der Waals surface area (Å²) in [7, 11) is 0. The number of aromatic amines is 1. The zero-order chi connectivity index (χ0) is 14.3. The summed E-state index contributed by atoms with van der Waals surface area (Å²) in [6.07, 6.45) is 5.32. The van der Waals surface area contributed by atoms with Crippen LogP contribution in [0.25, 0.3) is 10.6 Å². The molecule has 0 amide bonds. The Balaban J connectivity index is 1.45. The SMILES string of the molecule is c1cnc(NCCNCc2cn[nH]c2-c2cccs2)nc1. The molecule has 0 aromatic carbocycles. The fraction of sp³-hybridized carbons (Fsp3) is 0.214. The summed E-state index contributed by atoms with van der Waals surface area (Å²) in [4.78, 5) is 9.43. The molecule has 0 radical (unpaired) electrons. The molecule has 3 aromatic heterocycles. The van der Waals surface area contributed by atoms with Crippen LogP contribution in [0.5, 0.6) is 0 Å². The van der Waals surface area contributed by atoms with Crippen molar-refractivity contribution in [1.29, 1.82) is 0 Å². The lowest BCUT2D eigenvalue weighted by Crippen LogP contribution is -2.22. The second-order valence-corrected chi connectivity index (χ2v) is 5.37. The quantitative estimate of drug-likeness (QED) is 0.583. The lowest BCUT2D eigenvalue weighted by Gasteiger charge is -2.06. The van der Waals surface area contributed by atoms with E-state index in [2.05, 4.69) is 42.2 Å². The maximum absolute atomic E-state index is 4.13. The number of thiophene rings is 1. The summed E-state index contributed by atoms with van der Waals surface area (Å²) >= 11 is 1.71. The Morgan fingerprint density at radius 1 is 1.14 bits per heavy atom. The molecule has 21 heavy (non-hydrogen) atoms. The molecule has 3 rings (SSSR count). The Labute approximate surface area is 126 Å². The van der Waals surface area contributed by atoms with Crippen LogP contribution >= 0.6 is 11.3 Å². The lowest BCUT2D eigenvalue weighted by molar-refractivity contribution is 0.706. The van der Waals surface area contributed by atoms with Gasteiger partial charge in [-0.25, -0.2) is 9.97 Å². The van der Waals surface area contributed by atoms with E-state index in [-0.39, 0.29) is 0 Å². The van der Waals surface area contributed by atoms with Gasteiger partial charge in [0.1, 0.15) is 0 Å². The van der Waals surface area contributed by atoms with Crippen LogP contribution in [0, 0.1) is 0 Å². The average Bonchev–Trinajstić information content (AvgIpc) is 3.19. The van der Waals surface area contributed by atoms with Crippen LogP contribution in [0.4, 0.5) is 5.95 Å². The molecule has 0 spiro atoms. The molecule has 3 N–H and O–H groups in total. The first-order valence-electron chi connectivity index (χ1n) is 6.71. The van der Waals surface area contributed by atoms with Crippen molar-refractivity contribution in [2.75, 3.05) is 18.4 Å². The molecule has 6 nitrogen and oxygen atoms in total. The van der Waals surface area contributed by atoms with Crippen molar-refractivity contribution >= 4 is 17.3 Å². The smallest absolute Gasteiger partial charge is 0.222 e. The van der Waals surface area contributed by atoms with E-state index in [0.29, 0.717) is 5.95 Å². The first-order valence-corrected chi connectivity index (χ1v) is 7.59. The second-order valence-electron chi connectivity index (χ2n) is 4.42. The van der Waals surface area contributed by atoms with E-state index in [4.69, 9.17) is 0 Å². The van der Waals surface area contributed by atoms with Crippen molar-refractivity contribution in [3.05, 3.63) is 47.7 Å². The number of hydrogen-bond acceptors (Lipinski definition) is 6. The van der Waals surface area contributed by atoms with Crippen LogP contribution in [0.3, 0.4) is 0 Å². The number of H-pyrrole nitrogens is 1. The van der Waals surface area contributed by atoms with E-state index < -0.39 is 0 Å². The number of hydrogen-bond donors (Lipinski definition) is 3. The molecule has 0 aliphatic heterocycles. The maximum Gasteiger partial charge on any atom is 0.222 e. The van der Waals surface area contributed by atoms with E-state index >= 15 is 0 Å². The molecule has 0 saturated carbocycles. The van der Waals surface area contributed by atoms with Crippen LogP contribution < -0.4 is 10.6 Å². The molecule has 0 unspecified atom stereocenters. The Bertz CT molecular complexity index is 649. The predicted octanol–water partition coefficient (Wildman–Crippen LogP) is 2.13. The summed E-state index contributed by atoms with van der Waals surface area (Å²) < 4.78 is 0. The van der Waals surface area contributed by atoms with Crippen molar-refractivity contribution in [2.24, 2.45) is 0 Å². The zero-order valence-electron chi connectivity index (χ0n) is 11.4. The van der Waals surface area contributed by atoms with Crippen molar-refractivity contribution in [2.45, 2.75) is 6.54 Å². The Hall–Kier alpha value is -2.25. The molecule has 0 atom stereocenters. The van der Waals surface area contributed by atoms with Gasteiger partial charge in [-0.3, -0.25) is 5.10 Å². The van der Waals surface area contributed by atoms with Crippen LogP contribution in [0.15, 0.2) is 42.2 Å². The number of anilines is 1. The van der Waals surface area contributed by atoms with Gasteiger partial charge in [0.15, 0.2) is 0 Å². The number of rotatable bonds is 7. The molecular formula is C14H16N6S. The highest BCUT2D eigenvalue weighted by Gasteiger charge is 2.07. The number of nitrogens with one attached hydrogen (secondary N) is 3. The van der Waals surface area contributed by atoms with Gasteiger partial charge in [-0.15, -0.1) is 11.3 Å². The van der Waals surface area contributed by atoms with Gasteiger partial charge in [0.25, 0.3) is 0 Å². The molecule has 0 aliphatic rings. The van der Waals surface area contributed by atoms with Crippen molar-refractivity contribution in [3.63, 3.8) is 0 Å². The van der Waals surface area contributed by atoms with Crippen LogP contribution in [-0.4, -0.2) is 33.3 Å². The normalized spacial score (nSPS) is 10.7. The fourth-order valence-corrected chi connectivity index (χ4v) is 2.71. The minimum Gasteiger partial charge on any atom is -0.353 e. The summed E-state index contributed by atoms with van der Waals surface area (Å²) in [5.41, 5.74) is 2.27. The third-order valence-corrected chi connectivity index (χ3v) is 3.84. The zero-order valence-corrected chi connectivity index (χ0v) is 12.2. The summed E-state index contributed by atoms with van der Waals surface area (Å²) in [6, 6.07) is 5.94. The van der Waals surface area contributed by atoms with Crippen molar-refractivity contribution in [3.8, 4) is 10.6 Å². The Morgan fingerprint density at radius 3 is 2.86 bits per heavy atom. The van der Waals surface area contributed by atoms with Gasteiger partial charge in [0.05, 0.1) is 16.8 Å². The highest BCUT2D eigenvalue weighted by molar-refractivity contribution is 7.13. The molecule has 0 bridgehead atoms. The van der Waals surface area contributed by atoms with E-state index in [9.17, 15) is 0 Å². The van der Waals surface area contributed by atoms with Crippen LogP contribution in [-0.2, 0) is 6.54 Å². The number of nitrogens with zero attached hydrogens (tertiary/aromatic N) is 3. The fourth-order valence-electron chi connectivity index (χ4n) is 1.96. The van der Waals surface area contributed by atoms with Gasteiger partial charge in [-0.1, -0.05) is 6.07 Å². The third-order valence-electron chi connectivity index (χ3n) is 2.95. The van der Waals surface area contributed by atoms with Gasteiger partial charge in [0.2, 0.25) is 5.95 Å². The third kappa shape index (κ3) is 3.65. The molecule has 7 heteroatoms. The second kappa shape index (κ2) is 6.96. The monoisotopic (exact) mass is 300 g/mol. The molecule has 0 saturated heterocycles. The van der Waals surface area contributed by atoms with E-state index in [1.54, 1.807) is 29.8 Å². The minimum absolute atomic E-state index is 0.655. The lowest BCUT2D eigenvalue weighted by atomic mass is 10.2. The minimum atomic E-state index is 0.655. The molecule has 3 aromatic rings. The molecule has 108 valence electrons. The molecular weight excluding hydrogens is 284 g/mol. The molecule has 3 heterocycles. The van der Waals surface area contributed by atoms with Crippen molar-refractivity contribution < 1.29 is 0 Å². The summed E-state index contributed by atoms with van der Waals surface area (Å²) in [5.74, 6) is 0.655. The van der Waals surface area contributed by atoms with E-state index in [0.717, 1.165) is 25.3 Å². The van der Waals surface area contributed by atoms with E-state index in [1.807, 2.05) is 12.3 Å².